The molecule has 4 bridgehead atoms. The van der Waals surface area contributed by atoms with Crippen LogP contribution in [-0.2, 0) is 9.53 Å². The molecule has 4 aliphatic carbocycles. The van der Waals surface area contributed by atoms with Crippen molar-refractivity contribution in [2.45, 2.75) is 32.1 Å². The monoisotopic (exact) mass is 218 g/mol. The van der Waals surface area contributed by atoms with E-state index in [1.165, 1.54) is 32.8 Å². The summed E-state index contributed by atoms with van der Waals surface area (Å²) in [6.07, 6.45) is 6.57. The molecule has 4 rings (SSSR count). The van der Waals surface area contributed by atoms with Gasteiger partial charge >= 0.3 is 5.97 Å². The van der Waals surface area contributed by atoms with E-state index in [0.717, 1.165) is 24.2 Å². The molecule has 0 radical (unpaired) electrons. The van der Waals surface area contributed by atoms with Gasteiger partial charge in [0.1, 0.15) is 0 Å². The van der Waals surface area contributed by atoms with E-state index >= 15 is 0 Å². The number of hydrogen-bond acceptors (Lipinski definition) is 2. The zero-order valence-electron chi connectivity index (χ0n) is 9.74. The number of fused-ring (bicyclic) bond motifs is 8. The molecule has 0 aliphatic heterocycles. The van der Waals surface area contributed by atoms with Crippen LogP contribution >= 0.6 is 0 Å². The van der Waals surface area contributed by atoms with Crippen LogP contribution in [0.25, 0.3) is 0 Å². The van der Waals surface area contributed by atoms with Gasteiger partial charge in [-0.05, 0) is 55.8 Å². The predicted octanol–water partition coefficient (Wildman–Crippen LogP) is 2.54. The van der Waals surface area contributed by atoms with Crippen molar-refractivity contribution in [2.75, 3.05) is 7.11 Å². The Labute approximate surface area is 96.0 Å². The first kappa shape index (κ1) is 9.26. The second kappa shape index (κ2) is 2.91. The van der Waals surface area contributed by atoms with Crippen LogP contribution in [0.5, 0.6) is 0 Å². The number of carbonyl (C=O) groups excluding carboxylic acids is 1. The zero-order valence-corrected chi connectivity index (χ0v) is 9.74. The Morgan fingerprint density at radius 1 is 1.06 bits per heavy atom. The lowest BCUT2D eigenvalue weighted by Gasteiger charge is -2.28. The maximum Gasteiger partial charge on any atom is 0.309 e. The summed E-state index contributed by atoms with van der Waals surface area (Å²) in [4.78, 5) is 11.8. The van der Waals surface area contributed by atoms with E-state index in [1.807, 2.05) is 0 Å². The van der Waals surface area contributed by atoms with Gasteiger partial charge in [0, 0.05) is 0 Å². The summed E-state index contributed by atoms with van der Waals surface area (Å²) in [5.41, 5.74) is 3.53. The minimum absolute atomic E-state index is 0.0434. The maximum absolute atomic E-state index is 11.8. The van der Waals surface area contributed by atoms with Crippen LogP contribution < -0.4 is 0 Å². The Morgan fingerprint density at radius 3 is 2.56 bits per heavy atom. The molecule has 0 aromatic carbocycles. The molecule has 2 heteroatoms. The molecule has 0 N–H and O–H groups in total. The van der Waals surface area contributed by atoms with Gasteiger partial charge in [-0.15, -0.1) is 0 Å². The molecule has 0 heterocycles. The van der Waals surface area contributed by atoms with Crippen molar-refractivity contribution < 1.29 is 9.53 Å². The summed E-state index contributed by atoms with van der Waals surface area (Å²) >= 11 is 0. The van der Waals surface area contributed by atoms with Crippen LogP contribution in [0.1, 0.15) is 32.1 Å². The number of methoxy groups -OCH3 is 1. The largest absolute Gasteiger partial charge is 0.469 e. The Balaban J connectivity index is 1.71. The van der Waals surface area contributed by atoms with Crippen LogP contribution in [0, 0.1) is 29.6 Å². The average molecular weight is 218 g/mol. The van der Waals surface area contributed by atoms with E-state index < -0.39 is 0 Å². The predicted molar refractivity (Wildman–Crippen MR) is 59.6 cm³/mol. The van der Waals surface area contributed by atoms with Crippen LogP contribution in [0.15, 0.2) is 11.1 Å². The molecule has 0 saturated heterocycles. The molecule has 86 valence electrons. The van der Waals surface area contributed by atoms with E-state index in [9.17, 15) is 4.79 Å². The third-order valence-corrected chi connectivity index (χ3v) is 5.55. The highest BCUT2D eigenvalue weighted by Crippen LogP contribution is 2.65. The zero-order chi connectivity index (χ0) is 10.9. The summed E-state index contributed by atoms with van der Waals surface area (Å²) in [5.74, 6) is 3.33. The molecule has 2 nitrogen and oxygen atoms in total. The van der Waals surface area contributed by atoms with E-state index in [2.05, 4.69) is 0 Å². The number of allylic oxidation sites excluding steroid dienone is 2. The van der Waals surface area contributed by atoms with E-state index in [1.54, 1.807) is 11.1 Å². The van der Waals surface area contributed by atoms with Crippen molar-refractivity contribution in [1.82, 2.24) is 0 Å². The summed E-state index contributed by atoms with van der Waals surface area (Å²) in [6.45, 7) is 0. The third kappa shape index (κ3) is 0.922. The van der Waals surface area contributed by atoms with E-state index in [0.29, 0.717) is 5.92 Å². The molecule has 16 heavy (non-hydrogen) atoms. The minimum atomic E-state index is 0.0434. The molecule has 0 unspecified atom stereocenters. The molecule has 2 fully saturated rings. The summed E-state index contributed by atoms with van der Waals surface area (Å²) in [5, 5.41) is 0. The quantitative estimate of drug-likeness (QED) is 0.384. The highest BCUT2D eigenvalue weighted by Gasteiger charge is 2.56. The smallest absolute Gasteiger partial charge is 0.309 e. The first-order valence-corrected chi connectivity index (χ1v) is 6.61. The third-order valence-electron chi connectivity index (χ3n) is 5.55. The fourth-order valence-corrected chi connectivity index (χ4v) is 5.15. The van der Waals surface area contributed by atoms with Gasteiger partial charge in [0.05, 0.1) is 13.0 Å². The second-order valence-electron chi connectivity index (χ2n) is 6.02. The lowest BCUT2D eigenvalue weighted by Crippen LogP contribution is -2.26. The fraction of sp³-hybridized carbons (Fsp3) is 0.786. The lowest BCUT2D eigenvalue weighted by molar-refractivity contribution is -0.146. The Bertz CT molecular complexity index is 396. The summed E-state index contributed by atoms with van der Waals surface area (Å²) in [7, 11) is 1.53. The average Bonchev–Trinajstić information content (AvgIpc) is 3.03. The molecule has 0 aromatic rings. The molecule has 5 atom stereocenters. The van der Waals surface area contributed by atoms with Gasteiger partial charge in [-0.1, -0.05) is 11.1 Å². The van der Waals surface area contributed by atoms with Gasteiger partial charge in [0.15, 0.2) is 0 Å². The first-order valence-electron chi connectivity index (χ1n) is 6.61. The van der Waals surface area contributed by atoms with Crippen molar-refractivity contribution >= 4 is 5.97 Å². The summed E-state index contributed by atoms with van der Waals surface area (Å²) < 4.78 is 4.95. The number of rotatable bonds is 1. The lowest BCUT2D eigenvalue weighted by atomic mass is 9.77. The fourth-order valence-electron chi connectivity index (χ4n) is 5.15. The molecule has 0 amide bonds. The van der Waals surface area contributed by atoms with Gasteiger partial charge in [-0.2, -0.15) is 0 Å². The Morgan fingerprint density at radius 2 is 1.81 bits per heavy atom. The van der Waals surface area contributed by atoms with Crippen LogP contribution in [0.4, 0.5) is 0 Å². The number of hydrogen-bond donors (Lipinski definition) is 0. The second-order valence-corrected chi connectivity index (χ2v) is 6.02. The standard InChI is InChI=1S/C14H18O2/c1-16-14(15)11-6-9-5-10(11)13-8-3-2-7(4-8)12(9)13/h7-11H,2-6H2,1H3/t7-,8-,9+,10+,11+/m0/s1. The number of esters is 1. The molecule has 4 aliphatic rings. The van der Waals surface area contributed by atoms with E-state index in [-0.39, 0.29) is 11.9 Å². The SMILES string of the molecule is COC(=O)[C@@H]1C[C@H]2C[C@H]1C1=C2[C@H]2CC[C@H]1C2. The highest BCUT2D eigenvalue weighted by molar-refractivity contribution is 5.74. The van der Waals surface area contributed by atoms with Crippen LogP contribution in [0.3, 0.4) is 0 Å². The van der Waals surface area contributed by atoms with Crippen LogP contribution in [0.2, 0.25) is 0 Å². The van der Waals surface area contributed by atoms with Crippen molar-refractivity contribution in [1.29, 1.82) is 0 Å². The van der Waals surface area contributed by atoms with E-state index in [4.69, 9.17) is 4.74 Å². The van der Waals surface area contributed by atoms with Crippen molar-refractivity contribution in [3.8, 4) is 0 Å². The molecular weight excluding hydrogens is 200 g/mol. The van der Waals surface area contributed by atoms with Gasteiger partial charge in [-0.3, -0.25) is 4.79 Å². The topological polar surface area (TPSA) is 26.3 Å². The van der Waals surface area contributed by atoms with Crippen molar-refractivity contribution in [2.24, 2.45) is 29.6 Å². The number of ether oxygens (including phenoxy) is 1. The van der Waals surface area contributed by atoms with Gasteiger partial charge in [0.25, 0.3) is 0 Å². The normalized spacial score (nSPS) is 47.7. The Hall–Kier alpha value is -0.790. The maximum atomic E-state index is 11.8. The Kier molecular flexibility index (Phi) is 1.68. The van der Waals surface area contributed by atoms with Gasteiger partial charge < -0.3 is 4.74 Å². The summed E-state index contributed by atoms with van der Waals surface area (Å²) in [6, 6.07) is 0. The van der Waals surface area contributed by atoms with Gasteiger partial charge in [-0.25, -0.2) is 0 Å². The number of carbonyl (C=O) groups is 1. The molecule has 0 spiro atoms. The first-order chi connectivity index (χ1) is 7.79. The molecule has 0 aromatic heterocycles. The van der Waals surface area contributed by atoms with Gasteiger partial charge in [0.2, 0.25) is 0 Å². The minimum Gasteiger partial charge on any atom is -0.469 e. The van der Waals surface area contributed by atoms with Crippen molar-refractivity contribution in [3.05, 3.63) is 11.1 Å². The molecular formula is C14H18O2. The molecule has 2 saturated carbocycles. The highest BCUT2D eigenvalue weighted by atomic mass is 16.5. The van der Waals surface area contributed by atoms with Crippen LogP contribution in [-0.4, -0.2) is 13.1 Å². The van der Waals surface area contributed by atoms with Crippen molar-refractivity contribution in [3.63, 3.8) is 0 Å².